The Morgan fingerprint density at radius 2 is 1.79 bits per heavy atom. The van der Waals surface area contributed by atoms with Gasteiger partial charge < -0.3 is 15.0 Å². The Labute approximate surface area is 171 Å². The van der Waals surface area contributed by atoms with Gasteiger partial charge in [0.25, 0.3) is 5.82 Å². The SMILES string of the molecule is CCCOc1ccc(NC(=O)CCC(=O)N2CCN(c3cccc[nH+]3)CC2)cc1. The highest BCUT2D eigenvalue weighted by Crippen LogP contribution is 2.16. The molecular formula is C22H29N4O3+. The zero-order valence-electron chi connectivity index (χ0n) is 16.9. The molecular weight excluding hydrogens is 368 g/mol. The van der Waals surface area contributed by atoms with E-state index in [9.17, 15) is 9.59 Å². The number of hydrogen-bond acceptors (Lipinski definition) is 4. The number of aromatic nitrogens is 1. The standard InChI is InChI=1S/C22H28N4O3/c1-2-17-29-19-8-6-18(7-9-19)24-21(27)10-11-22(28)26-15-13-25(14-16-26)20-5-3-4-12-23-20/h3-9,12H,2,10-11,13-17H2,1H3,(H,24,27)/p+1. The normalized spacial score (nSPS) is 13.8. The molecule has 1 saturated heterocycles. The fourth-order valence-electron chi connectivity index (χ4n) is 3.23. The van der Waals surface area contributed by atoms with Gasteiger partial charge in [-0.15, -0.1) is 0 Å². The van der Waals surface area contributed by atoms with Crippen LogP contribution in [0.5, 0.6) is 5.75 Å². The van der Waals surface area contributed by atoms with Gasteiger partial charge in [-0.25, -0.2) is 4.98 Å². The number of anilines is 2. The summed E-state index contributed by atoms with van der Waals surface area (Å²) in [4.78, 5) is 31.9. The van der Waals surface area contributed by atoms with Crippen molar-refractivity contribution in [3.8, 4) is 5.75 Å². The van der Waals surface area contributed by atoms with Crippen molar-refractivity contribution < 1.29 is 19.3 Å². The minimum atomic E-state index is -0.155. The molecule has 0 spiro atoms. The number of ether oxygens (including phenoxy) is 1. The van der Waals surface area contributed by atoms with Gasteiger partial charge >= 0.3 is 0 Å². The lowest BCUT2D eigenvalue weighted by atomic mass is 10.2. The smallest absolute Gasteiger partial charge is 0.274 e. The van der Waals surface area contributed by atoms with Crippen LogP contribution in [0.25, 0.3) is 0 Å². The van der Waals surface area contributed by atoms with Crippen molar-refractivity contribution in [2.24, 2.45) is 0 Å². The predicted molar refractivity (Wildman–Crippen MR) is 112 cm³/mol. The van der Waals surface area contributed by atoms with E-state index in [1.807, 2.05) is 53.6 Å². The van der Waals surface area contributed by atoms with Crippen LogP contribution in [0.4, 0.5) is 11.5 Å². The van der Waals surface area contributed by atoms with Gasteiger partial charge in [-0.1, -0.05) is 13.0 Å². The second-order valence-corrected chi connectivity index (χ2v) is 7.04. The minimum absolute atomic E-state index is 0.0279. The average Bonchev–Trinajstić information content (AvgIpc) is 2.78. The number of carbonyl (C=O) groups excluding carboxylic acids is 2. The molecule has 0 saturated carbocycles. The Morgan fingerprint density at radius 1 is 1.03 bits per heavy atom. The summed E-state index contributed by atoms with van der Waals surface area (Å²) < 4.78 is 5.53. The Balaban J connectivity index is 1.38. The topological polar surface area (TPSA) is 76.0 Å². The van der Waals surface area contributed by atoms with Crippen molar-refractivity contribution in [1.29, 1.82) is 0 Å². The molecule has 3 rings (SSSR count). The molecule has 2 aromatic rings. The zero-order chi connectivity index (χ0) is 20.5. The molecule has 1 aromatic carbocycles. The molecule has 1 aromatic heterocycles. The zero-order valence-corrected chi connectivity index (χ0v) is 16.9. The number of carbonyl (C=O) groups is 2. The second-order valence-electron chi connectivity index (χ2n) is 7.04. The summed E-state index contributed by atoms with van der Waals surface area (Å²) in [5, 5.41) is 2.83. The fraction of sp³-hybridized carbons (Fsp3) is 0.409. The third-order valence-corrected chi connectivity index (χ3v) is 4.84. The van der Waals surface area contributed by atoms with E-state index in [4.69, 9.17) is 4.74 Å². The molecule has 0 radical (unpaired) electrons. The van der Waals surface area contributed by atoms with Crippen molar-refractivity contribution in [3.63, 3.8) is 0 Å². The van der Waals surface area contributed by atoms with Crippen LogP contribution < -0.4 is 19.9 Å². The van der Waals surface area contributed by atoms with E-state index in [1.165, 1.54) is 0 Å². The summed E-state index contributed by atoms with van der Waals surface area (Å²) in [6.07, 6.45) is 3.25. The number of hydrogen-bond donors (Lipinski definition) is 1. The quantitative estimate of drug-likeness (QED) is 0.742. The van der Waals surface area contributed by atoms with Crippen LogP contribution in [0, 0.1) is 0 Å². The highest BCUT2D eigenvalue weighted by molar-refractivity contribution is 5.93. The van der Waals surface area contributed by atoms with Crippen LogP contribution in [-0.2, 0) is 9.59 Å². The van der Waals surface area contributed by atoms with Crippen molar-refractivity contribution in [3.05, 3.63) is 48.7 Å². The molecule has 1 fully saturated rings. The number of pyridine rings is 1. The van der Waals surface area contributed by atoms with Crippen molar-refractivity contribution in [1.82, 2.24) is 4.90 Å². The van der Waals surface area contributed by atoms with Crippen LogP contribution in [0.1, 0.15) is 26.2 Å². The summed E-state index contributed by atoms with van der Waals surface area (Å²) in [7, 11) is 0. The maximum atomic E-state index is 12.4. The van der Waals surface area contributed by atoms with Crippen LogP contribution >= 0.6 is 0 Å². The molecule has 2 N–H and O–H groups in total. The Kier molecular flexibility index (Phi) is 7.44. The number of nitrogens with zero attached hydrogens (tertiary/aromatic N) is 2. The molecule has 1 aliphatic heterocycles. The van der Waals surface area contributed by atoms with Gasteiger partial charge in [0, 0.05) is 24.6 Å². The molecule has 29 heavy (non-hydrogen) atoms. The molecule has 7 nitrogen and oxygen atoms in total. The second kappa shape index (κ2) is 10.5. The highest BCUT2D eigenvalue weighted by atomic mass is 16.5. The van der Waals surface area contributed by atoms with Crippen LogP contribution in [0.3, 0.4) is 0 Å². The number of amides is 2. The highest BCUT2D eigenvalue weighted by Gasteiger charge is 2.26. The first-order valence-corrected chi connectivity index (χ1v) is 10.2. The summed E-state index contributed by atoms with van der Waals surface area (Å²) >= 11 is 0. The van der Waals surface area contributed by atoms with Crippen LogP contribution in [0.15, 0.2) is 48.7 Å². The number of aromatic amines is 1. The first-order chi connectivity index (χ1) is 14.2. The van der Waals surface area contributed by atoms with Crippen LogP contribution in [0.2, 0.25) is 0 Å². The van der Waals surface area contributed by atoms with Gasteiger partial charge in [-0.05, 0) is 36.8 Å². The number of nitrogens with one attached hydrogen (secondary N) is 2. The Bertz CT molecular complexity index is 787. The van der Waals surface area contributed by atoms with Gasteiger partial charge in [0.2, 0.25) is 11.8 Å². The average molecular weight is 397 g/mol. The molecule has 0 unspecified atom stereocenters. The lowest BCUT2D eigenvalue weighted by Crippen LogP contribution is -2.50. The summed E-state index contributed by atoms with van der Waals surface area (Å²) in [5.74, 6) is 1.72. The molecule has 0 aliphatic carbocycles. The number of rotatable bonds is 8. The summed E-state index contributed by atoms with van der Waals surface area (Å²) in [5.41, 5.74) is 0.707. The molecule has 2 heterocycles. The Morgan fingerprint density at radius 3 is 2.45 bits per heavy atom. The third kappa shape index (κ3) is 6.20. The van der Waals surface area contributed by atoms with E-state index < -0.39 is 0 Å². The molecule has 0 bridgehead atoms. The van der Waals surface area contributed by atoms with Crippen molar-refractivity contribution >= 4 is 23.3 Å². The van der Waals surface area contributed by atoms with E-state index >= 15 is 0 Å². The first-order valence-electron chi connectivity index (χ1n) is 10.2. The lowest BCUT2D eigenvalue weighted by molar-refractivity contribution is -0.364. The molecule has 2 amide bonds. The third-order valence-electron chi connectivity index (χ3n) is 4.84. The molecule has 0 atom stereocenters. The fourth-order valence-corrected chi connectivity index (χ4v) is 3.23. The van der Waals surface area contributed by atoms with Crippen LogP contribution in [-0.4, -0.2) is 49.5 Å². The maximum absolute atomic E-state index is 12.4. The molecule has 1 aliphatic rings. The summed E-state index contributed by atoms with van der Waals surface area (Å²) in [6.45, 7) is 5.63. The predicted octanol–water partition coefficient (Wildman–Crippen LogP) is 2.36. The minimum Gasteiger partial charge on any atom is -0.494 e. The van der Waals surface area contributed by atoms with E-state index in [0.717, 1.165) is 31.1 Å². The maximum Gasteiger partial charge on any atom is 0.274 e. The van der Waals surface area contributed by atoms with Gasteiger partial charge in [0.05, 0.1) is 25.9 Å². The first kappa shape index (κ1) is 20.6. The monoisotopic (exact) mass is 397 g/mol. The van der Waals surface area contributed by atoms with E-state index in [2.05, 4.69) is 22.1 Å². The van der Waals surface area contributed by atoms with Crippen molar-refractivity contribution in [2.45, 2.75) is 26.2 Å². The molecule has 7 heteroatoms. The van der Waals surface area contributed by atoms with E-state index in [-0.39, 0.29) is 24.7 Å². The van der Waals surface area contributed by atoms with Gasteiger partial charge in [0.1, 0.15) is 18.8 Å². The Hall–Kier alpha value is -3.09. The number of piperazine rings is 1. The van der Waals surface area contributed by atoms with Gasteiger partial charge in [0.15, 0.2) is 0 Å². The van der Waals surface area contributed by atoms with Gasteiger partial charge in [-0.3, -0.25) is 14.5 Å². The summed E-state index contributed by atoms with van der Waals surface area (Å²) in [6, 6.07) is 13.3. The molecule has 154 valence electrons. The largest absolute Gasteiger partial charge is 0.494 e. The van der Waals surface area contributed by atoms with E-state index in [1.54, 1.807) is 0 Å². The lowest BCUT2D eigenvalue weighted by Gasteiger charge is -2.31. The number of benzene rings is 1. The van der Waals surface area contributed by atoms with E-state index in [0.29, 0.717) is 25.4 Å². The number of H-pyrrole nitrogens is 1. The van der Waals surface area contributed by atoms with Crippen molar-refractivity contribution in [2.75, 3.05) is 43.0 Å². The van der Waals surface area contributed by atoms with Gasteiger partial charge in [-0.2, -0.15) is 0 Å².